The number of ether oxygens (including phenoxy) is 5. The van der Waals surface area contributed by atoms with Gasteiger partial charge in [-0.3, -0.25) is 0 Å². The van der Waals surface area contributed by atoms with Gasteiger partial charge in [0, 0.05) is 12.5 Å². The van der Waals surface area contributed by atoms with Crippen molar-refractivity contribution in [1.29, 1.82) is 0 Å². The summed E-state index contributed by atoms with van der Waals surface area (Å²) in [5.41, 5.74) is 3.64. The molecule has 0 spiro atoms. The van der Waals surface area contributed by atoms with Crippen LogP contribution in [0.4, 0.5) is 4.79 Å². The Morgan fingerprint density at radius 1 is 1.10 bits per heavy atom. The van der Waals surface area contributed by atoms with E-state index in [4.69, 9.17) is 23.7 Å². The van der Waals surface area contributed by atoms with E-state index < -0.39 is 12.4 Å². The molecular formula is C20H25N3O6S. The molecule has 9 nitrogen and oxygen atoms in total. The minimum atomic E-state index is -0.747. The standard InChI is InChI=1S/C20H25N3O6S/c1-15(28-12-11-27-10-9-26-8-7-25-2)29-20(24)23-18-6-4-3-5-16(18)22-19(23)17-13-30-14-21-17/h3-6,13-15H,7-12H2,1-2H3. The van der Waals surface area contributed by atoms with Crippen molar-refractivity contribution >= 4 is 28.5 Å². The molecule has 162 valence electrons. The van der Waals surface area contributed by atoms with Crippen LogP contribution in [0.5, 0.6) is 0 Å². The molecule has 0 bridgehead atoms. The molecule has 0 radical (unpaired) electrons. The third-order valence-electron chi connectivity index (χ3n) is 4.06. The first kappa shape index (κ1) is 22.3. The van der Waals surface area contributed by atoms with Crippen molar-refractivity contribution in [3.63, 3.8) is 0 Å². The van der Waals surface area contributed by atoms with Crippen LogP contribution in [0.25, 0.3) is 22.6 Å². The molecule has 0 saturated heterocycles. The van der Waals surface area contributed by atoms with E-state index in [1.807, 2.05) is 29.6 Å². The molecule has 10 heteroatoms. The highest BCUT2D eigenvalue weighted by atomic mass is 32.1. The van der Waals surface area contributed by atoms with Gasteiger partial charge < -0.3 is 23.7 Å². The summed E-state index contributed by atoms with van der Waals surface area (Å²) in [6.07, 6.45) is -1.32. The second-order valence-electron chi connectivity index (χ2n) is 6.17. The predicted molar refractivity (Wildman–Crippen MR) is 112 cm³/mol. The topological polar surface area (TPSA) is 93.9 Å². The Kier molecular flexibility index (Phi) is 8.72. The number of hydrogen-bond donors (Lipinski definition) is 0. The van der Waals surface area contributed by atoms with Gasteiger partial charge in [0.15, 0.2) is 5.82 Å². The largest absolute Gasteiger partial charge is 0.422 e. The second kappa shape index (κ2) is 11.7. The first-order valence-corrected chi connectivity index (χ1v) is 10.5. The molecule has 0 N–H and O–H groups in total. The molecule has 0 saturated carbocycles. The highest BCUT2D eigenvalue weighted by Gasteiger charge is 2.22. The Morgan fingerprint density at radius 2 is 1.83 bits per heavy atom. The van der Waals surface area contributed by atoms with Crippen LogP contribution in [-0.4, -0.2) is 73.7 Å². The van der Waals surface area contributed by atoms with Crippen molar-refractivity contribution in [3.8, 4) is 11.5 Å². The van der Waals surface area contributed by atoms with E-state index in [1.165, 1.54) is 15.9 Å². The predicted octanol–water partition coefficient (Wildman–Crippen LogP) is 3.19. The van der Waals surface area contributed by atoms with E-state index >= 15 is 0 Å². The number of nitrogens with zero attached hydrogens (tertiary/aromatic N) is 3. The summed E-state index contributed by atoms with van der Waals surface area (Å²) < 4.78 is 28.0. The molecule has 0 amide bonds. The van der Waals surface area contributed by atoms with Gasteiger partial charge in [-0.1, -0.05) is 12.1 Å². The van der Waals surface area contributed by atoms with Gasteiger partial charge in [-0.25, -0.2) is 19.3 Å². The number of rotatable bonds is 12. The van der Waals surface area contributed by atoms with Gasteiger partial charge in [-0.15, -0.1) is 11.3 Å². The fraction of sp³-hybridized carbons (Fsp3) is 0.450. The van der Waals surface area contributed by atoms with Crippen molar-refractivity contribution < 1.29 is 28.5 Å². The van der Waals surface area contributed by atoms with Crippen LogP contribution in [0, 0.1) is 0 Å². The lowest BCUT2D eigenvalue weighted by molar-refractivity contribution is -0.105. The highest BCUT2D eigenvalue weighted by Crippen LogP contribution is 2.25. The summed E-state index contributed by atoms with van der Waals surface area (Å²) in [7, 11) is 1.63. The zero-order valence-corrected chi connectivity index (χ0v) is 17.8. The van der Waals surface area contributed by atoms with Crippen LogP contribution < -0.4 is 0 Å². The first-order chi connectivity index (χ1) is 14.7. The Balaban J connectivity index is 1.50. The number of carbonyl (C=O) groups is 1. The Hall–Kier alpha value is -2.37. The SMILES string of the molecule is COCCOCCOCCOC(C)OC(=O)n1c(-c2cscn2)nc2ccccc21. The van der Waals surface area contributed by atoms with Gasteiger partial charge in [0.2, 0.25) is 6.29 Å². The third-order valence-corrected chi connectivity index (χ3v) is 4.64. The van der Waals surface area contributed by atoms with Crippen LogP contribution in [-0.2, 0) is 23.7 Å². The number of carbonyl (C=O) groups excluding carboxylic acids is 1. The van der Waals surface area contributed by atoms with Crippen LogP contribution in [0.15, 0.2) is 35.2 Å². The smallest absolute Gasteiger partial charge is 0.419 e. The molecule has 1 unspecified atom stereocenters. The van der Waals surface area contributed by atoms with Crippen molar-refractivity contribution in [1.82, 2.24) is 14.5 Å². The minimum Gasteiger partial charge on any atom is -0.419 e. The van der Waals surface area contributed by atoms with E-state index in [2.05, 4.69) is 9.97 Å². The second-order valence-corrected chi connectivity index (χ2v) is 6.89. The number of fused-ring (bicyclic) bond motifs is 1. The zero-order valence-electron chi connectivity index (χ0n) is 17.0. The summed E-state index contributed by atoms with van der Waals surface area (Å²) in [5.74, 6) is 0.437. The van der Waals surface area contributed by atoms with Crippen LogP contribution in [0.3, 0.4) is 0 Å². The first-order valence-electron chi connectivity index (χ1n) is 9.53. The molecule has 3 aromatic rings. The lowest BCUT2D eigenvalue weighted by Crippen LogP contribution is -2.24. The molecule has 0 aliphatic rings. The van der Waals surface area contributed by atoms with Crippen molar-refractivity contribution in [2.24, 2.45) is 0 Å². The maximum atomic E-state index is 12.8. The number of imidazole rings is 1. The zero-order chi connectivity index (χ0) is 21.2. The minimum absolute atomic E-state index is 0.288. The normalized spacial score (nSPS) is 12.3. The molecule has 0 aliphatic heterocycles. The Labute approximate surface area is 178 Å². The average molecular weight is 436 g/mol. The Bertz CT molecular complexity index is 915. The lowest BCUT2D eigenvalue weighted by atomic mass is 10.3. The van der Waals surface area contributed by atoms with Gasteiger partial charge in [0.1, 0.15) is 5.69 Å². The molecule has 1 atom stereocenters. The fourth-order valence-electron chi connectivity index (χ4n) is 2.67. The molecule has 0 fully saturated rings. The number of methoxy groups -OCH3 is 1. The third kappa shape index (κ3) is 6.07. The van der Waals surface area contributed by atoms with Crippen LogP contribution in [0.1, 0.15) is 6.92 Å². The van der Waals surface area contributed by atoms with E-state index in [0.717, 1.165) is 0 Å². The summed E-state index contributed by atoms with van der Waals surface area (Å²) in [4.78, 5) is 21.6. The van der Waals surface area contributed by atoms with Gasteiger partial charge >= 0.3 is 6.09 Å². The number of thiazole rings is 1. The summed E-state index contributed by atoms with van der Waals surface area (Å²) in [5, 5.41) is 1.83. The molecule has 1 aromatic carbocycles. The van der Waals surface area contributed by atoms with Gasteiger partial charge in [-0.05, 0) is 19.1 Å². The summed E-state index contributed by atoms with van der Waals surface area (Å²) in [6.45, 7) is 4.36. The monoisotopic (exact) mass is 435 g/mol. The molecule has 3 rings (SSSR count). The molecule has 0 aliphatic carbocycles. The van der Waals surface area contributed by atoms with Gasteiger partial charge in [0.05, 0.1) is 56.2 Å². The molecule has 2 heterocycles. The lowest BCUT2D eigenvalue weighted by Gasteiger charge is -2.15. The molecule has 2 aromatic heterocycles. The highest BCUT2D eigenvalue weighted by molar-refractivity contribution is 7.07. The number of hydrogen-bond acceptors (Lipinski definition) is 9. The quantitative estimate of drug-likeness (QED) is 0.316. The maximum Gasteiger partial charge on any atom is 0.422 e. The van der Waals surface area contributed by atoms with E-state index in [0.29, 0.717) is 55.6 Å². The van der Waals surface area contributed by atoms with Crippen LogP contribution >= 0.6 is 11.3 Å². The number of aromatic nitrogens is 3. The van der Waals surface area contributed by atoms with Crippen LogP contribution in [0.2, 0.25) is 0 Å². The molecular weight excluding hydrogens is 410 g/mol. The van der Waals surface area contributed by atoms with E-state index in [1.54, 1.807) is 19.5 Å². The number of para-hydroxylation sites is 2. The maximum absolute atomic E-state index is 12.8. The van der Waals surface area contributed by atoms with E-state index in [9.17, 15) is 4.79 Å². The fourth-order valence-corrected chi connectivity index (χ4v) is 3.20. The average Bonchev–Trinajstić information content (AvgIpc) is 3.40. The van der Waals surface area contributed by atoms with Crippen molar-refractivity contribution in [2.45, 2.75) is 13.2 Å². The Morgan fingerprint density at radius 3 is 2.57 bits per heavy atom. The molecule has 30 heavy (non-hydrogen) atoms. The van der Waals surface area contributed by atoms with Crippen molar-refractivity contribution in [2.75, 3.05) is 46.8 Å². The summed E-state index contributed by atoms with van der Waals surface area (Å²) in [6, 6.07) is 7.36. The number of benzene rings is 1. The summed E-state index contributed by atoms with van der Waals surface area (Å²) >= 11 is 1.43. The van der Waals surface area contributed by atoms with Gasteiger partial charge in [-0.2, -0.15) is 0 Å². The van der Waals surface area contributed by atoms with Crippen molar-refractivity contribution in [3.05, 3.63) is 35.2 Å². The van der Waals surface area contributed by atoms with E-state index in [-0.39, 0.29) is 6.61 Å². The van der Waals surface area contributed by atoms with Gasteiger partial charge in [0.25, 0.3) is 0 Å².